The van der Waals surface area contributed by atoms with Gasteiger partial charge >= 0.3 is 19.8 Å². The molecule has 0 heterocycles. The summed E-state index contributed by atoms with van der Waals surface area (Å²) in [4.78, 5) is 34.6. The van der Waals surface area contributed by atoms with Crippen LogP contribution in [0.25, 0.3) is 0 Å². The number of carbonyl (C=O) groups is 2. The van der Waals surface area contributed by atoms with Crippen molar-refractivity contribution in [2.45, 2.75) is 154 Å². The Kier molecular flexibility index (Phi) is 30.0. The molecule has 10 nitrogen and oxygen atoms in total. The Labute approximate surface area is 272 Å². The number of aliphatic hydroxyl groups is 2. The van der Waals surface area contributed by atoms with Crippen molar-refractivity contribution in [3.63, 3.8) is 0 Å². The van der Waals surface area contributed by atoms with Crippen LogP contribution in [0, 0.1) is 0 Å². The number of rotatable bonds is 32. The predicted octanol–water partition coefficient (Wildman–Crippen LogP) is 7.88. The quantitative estimate of drug-likeness (QED) is 0.0281. The highest BCUT2D eigenvalue weighted by molar-refractivity contribution is 7.47. The van der Waals surface area contributed by atoms with Crippen LogP contribution >= 0.6 is 7.82 Å². The molecular weight excluding hydrogens is 599 g/mol. The molecule has 45 heavy (non-hydrogen) atoms. The number of ether oxygens (including phenoxy) is 2. The second-order valence-electron chi connectivity index (χ2n) is 11.5. The third-order valence-electron chi connectivity index (χ3n) is 7.08. The zero-order valence-corrected chi connectivity index (χ0v) is 29.0. The van der Waals surface area contributed by atoms with Crippen molar-refractivity contribution in [1.82, 2.24) is 0 Å². The van der Waals surface area contributed by atoms with E-state index in [0.717, 1.165) is 77.0 Å². The van der Waals surface area contributed by atoms with Gasteiger partial charge in [-0.2, -0.15) is 0 Å². The van der Waals surface area contributed by atoms with E-state index < -0.39 is 51.8 Å². The lowest BCUT2D eigenvalue weighted by atomic mass is 10.1. The van der Waals surface area contributed by atoms with Crippen LogP contribution in [-0.2, 0) is 32.7 Å². The van der Waals surface area contributed by atoms with Crippen LogP contribution in [0.15, 0.2) is 24.3 Å². The average molecular weight is 663 g/mol. The molecule has 0 aromatic carbocycles. The number of hydrogen-bond donors (Lipinski definition) is 3. The maximum absolute atomic E-state index is 12.5. The molecule has 3 N–H and O–H groups in total. The molecule has 0 aromatic rings. The second kappa shape index (κ2) is 31.1. The summed E-state index contributed by atoms with van der Waals surface area (Å²) in [6.45, 7) is 2.24. The highest BCUT2D eigenvalue weighted by atomic mass is 31.2. The Balaban J connectivity index is 4.46. The summed E-state index contributed by atoms with van der Waals surface area (Å²) >= 11 is 0. The number of esters is 2. The van der Waals surface area contributed by atoms with Crippen LogP contribution in [0.3, 0.4) is 0 Å². The smallest absolute Gasteiger partial charge is 0.462 e. The van der Waals surface area contributed by atoms with E-state index in [1.807, 2.05) is 0 Å². The van der Waals surface area contributed by atoms with Gasteiger partial charge in [-0.3, -0.25) is 18.6 Å². The van der Waals surface area contributed by atoms with Gasteiger partial charge in [0.05, 0.1) is 19.8 Å². The summed E-state index contributed by atoms with van der Waals surface area (Å²) in [6, 6.07) is 0. The van der Waals surface area contributed by atoms with Gasteiger partial charge in [-0.1, -0.05) is 102 Å². The van der Waals surface area contributed by atoms with Crippen LogP contribution in [0.4, 0.5) is 0 Å². The maximum Gasteiger partial charge on any atom is 0.472 e. The van der Waals surface area contributed by atoms with E-state index in [-0.39, 0.29) is 19.4 Å². The van der Waals surface area contributed by atoms with E-state index in [0.29, 0.717) is 12.8 Å². The Morgan fingerprint density at radius 1 is 0.644 bits per heavy atom. The van der Waals surface area contributed by atoms with Crippen molar-refractivity contribution >= 4 is 19.8 Å². The summed E-state index contributed by atoms with van der Waals surface area (Å²) in [5.41, 5.74) is 0. The van der Waals surface area contributed by atoms with Crippen molar-refractivity contribution in [1.29, 1.82) is 0 Å². The minimum Gasteiger partial charge on any atom is -0.462 e. The van der Waals surface area contributed by atoms with E-state index in [1.165, 1.54) is 25.7 Å². The van der Waals surface area contributed by atoms with Gasteiger partial charge in [-0.25, -0.2) is 4.57 Å². The first-order valence-corrected chi connectivity index (χ1v) is 18.8. The molecule has 0 bridgehead atoms. The van der Waals surface area contributed by atoms with E-state index in [4.69, 9.17) is 19.1 Å². The lowest BCUT2D eigenvalue weighted by Crippen LogP contribution is -2.29. The molecule has 0 rings (SSSR count). The number of phosphoric ester groups is 1. The van der Waals surface area contributed by atoms with Crippen LogP contribution in [0.2, 0.25) is 0 Å². The van der Waals surface area contributed by atoms with Gasteiger partial charge in [0, 0.05) is 12.8 Å². The Bertz CT molecular complexity index is 817. The SMILES string of the molecule is CCCC/C=C\CCCCCCCC(=O)OCC(COP(=O)(O)OCC(O)CO)OC(=O)CCCCCCC/C=C\CCCC. The monoisotopic (exact) mass is 662 g/mol. The first-order valence-electron chi connectivity index (χ1n) is 17.3. The number of unbranched alkanes of at least 4 members (excludes halogenated alkanes) is 14. The Hall–Kier alpha value is -1.55. The summed E-state index contributed by atoms with van der Waals surface area (Å²) in [6.07, 6.45) is 25.9. The third-order valence-corrected chi connectivity index (χ3v) is 8.03. The van der Waals surface area contributed by atoms with Crippen LogP contribution in [0.1, 0.15) is 142 Å². The summed E-state index contributed by atoms with van der Waals surface area (Å²) in [7, 11) is -4.61. The van der Waals surface area contributed by atoms with Crippen molar-refractivity contribution in [3.05, 3.63) is 24.3 Å². The maximum atomic E-state index is 12.5. The van der Waals surface area contributed by atoms with E-state index >= 15 is 0 Å². The van der Waals surface area contributed by atoms with E-state index in [2.05, 4.69) is 42.7 Å². The molecule has 0 saturated carbocycles. The summed E-state index contributed by atoms with van der Waals surface area (Å²) in [5.74, 6) is -0.951. The second-order valence-corrected chi connectivity index (χ2v) is 13.0. The molecule has 264 valence electrons. The largest absolute Gasteiger partial charge is 0.472 e. The third kappa shape index (κ3) is 30.8. The molecule has 0 saturated heterocycles. The highest BCUT2D eigenvalue weighted by Gasteiger charge is 2.27. The molecule has 0 radical (unpaired) electrons. The van der Waals surface area contributed by atoms with Crippen LogP contribution in [0.5, 0.6) is 0 Å². The lowest BCUT2D eigenvalue weighted by molar-refractivity contribution is -0.161. The van der Waals surface area contributed by atoms with Gasteiger partial charge in [-0.05, 0) is 51.4 Å². The first-order chi connectivity index (χ1) is 21.7. The van der Waals surface area contributed by atoms with Crippen molar-refractivity contribution in [2.75, 3.05) is 26.4 Å². The fourth-order valence-corrected chi connectivity index (χ4v) is 5.10. The van der Waals surface area contributed by atoms with Gasteiger partial charge in [0.15, 0.2) is 6.10 Å². The molecule has 11 heteroatoms. The number of phosphoric acid groups is 1. The molecule has 3 unspecified atom stereocenters. The van der Waals surface area contributed by atoms with Gasteiger partial charge in [0.1, 0.15) is 12.7 Å². The van der Waals surface area contributed by atoms with Gasteiger partial charge in [0.25, 0.3) is 0 Å². The van der Waals surface area contributed by atoms with Gasteiger partial charge in [-0.15, -0.1) is 0 Å². The number of hydrogen-bond acceptors (Lipinski definition) is 9. The predicted molar refractivity (Wildman–Crippen MR) is 178 cm³/mol. The van der Waals surface area contributed by atoms with Crippen molar-refractivity contribution < 1.29 is 47.8 Å². The molecule has 3 atom stereocenters. The average Bonchev–Trinajstić information content (AvgIpc) is 3.02. The summed E-state index contributed by atoms with van der Waals surface area (Å²) < 4.78 is 32.4. The minimum absolute atomic E-state index is 0.172. The summed E-state index contributed by atoms with van der Waals surface area (Å²) in [5, 5.41) is 18.2. The Morgan fingerprint density at radius 2 is 1.09 bits per heavy atom. The molecule has 0 spiro atoms. The van der Waals surface area contributed by atoms with Crippen LogP contribution in [-0.4, -0.2) is 65.7 Å². The molecule has 0 aliphatic carbocycles. The molecule has 0 aromatic heterocycles. The van der Waals surface area contributed by atoms with Gasteiger partial charge in [0.2, 0.25) is 0 Å². The number of allylic oxidation sites excluding steroid dienone is 4. The normalized spacial score (nSPS) is 14.5. The zero-order chi connectivity index (χ0) is 33.4. The highest BCUT2D eigenvalue weighted by Crippen LogP contribution is 2.43. The molecule has 0 fully saturated rings. The molecule has 0 amide bonds. The minimum atomic E-state index is -4.61. The molecule has 0 aliphatic heterocycles. The fraction of sp³-hybridized carbons (Fsp3) is 0.824. The Morgan fingerprint density at radius 3 is 1.60 bits per heavy atom. The standard InChI is InChI=1S/C34H63O10P/c1-3-5-7-9-11-13-15-17-19-21-23-25-33(37)41-29-32(30-43-45(39,40)42-28-31(36)27-35)44-34(38)26-24-22-20-18-16-14-12-10-8-6-4-2/h9-12,31-32,35-36H,3-8,13-30H2,1-2H3,(H,39,40)/b11-9-,12-10-. The fourth-order valence-electron chi connectivity index (χ4n) is 4.31. The molecular formula is C34H63O10P. The van der Waals surface area contributed by atoms with Crippen LogP contribution < -0.4 is 0 Å². The lowest BCUT2D eigenvalue weighted by Gasteiger charge is -2.20. The number of carbonyl (C=O) groups excluding carboxylic acids is 2. The number of aliphatic hydroxyl groups excluding tert-OH is 2. The van der Waals surface area contributed by atoms with E-state index in [9.17, 15) is 24.2 Å². The first kappa shape index (κ1) is 43.5. The van der Waals surface area contributed by atoms with Gasteiger partial charge < -0.3 is 24.6 Å². The van der Waals surface area contributed by atoms with Crippen molar-refractivity contribution in [2.24, 2.45) is 0 Å². The van der Waals surface area contributed by atoms with Crippen molar-refractivity contribution in [3.8, 4) is 0 Å². The topological polar surface area (TPSA) is 149 Å². The van der Waals surface area contributed by atoms with E-state index in [1.54, 1.807) is 0 Å². The zero-order valence-electron chi connectivity index (χ0n) is 28.1. The molecule has 0 aliphatic rings.